The number of aromatic nitrogens is 2. The van der Waals surface area contributed by atoms with E-state index in [9.17, 15) is 9.59 Å². The average molecular weight is 386 g/mol. The fourth-order valence-electron chi connectivity index (χ4n) is 2.78. The average Bonchev–Trinajstić information content (AvgIpc) is 3.25. The maximum atomic E-state index is 12.3. The third kappa shape index (κ3) is 4.72. The highest BCUT2D eigenvalue weighted by molar-refractivity contribution is 5.99. The van der Waals surface area contributed by atoms with Crippen LogP contribution in [0.1, 0.15) is 0 Å². The van der Waals surface area contributed by atoms with Gasteiger partial charge in [0.1, 0.15) is 11.5 Å². The zero-order valence-corrected chi connectivity index (χ0v) is 15.3. The van der Waals surface area contributed by atoms with Gasteiger partial charge in [0.15, 0.2) is 0 Å². The molecule has 2 amide bonds. The predicted molar refractivity (Wildman–Crippen MR) is 112 cm³/mol. The summed E-state index contributed by atoms with van der Waals surface area (Å²) in [5.41, 5.74) is 2.01. The number of hydrogen-bond acceptors (Lipinski definition) is 3. The van der Waals surface area contributed by atoms with Gasteiger partial charge in [-0.3, -0.25) is 4.79 Å². The van der Waals surface area contributed by atoms with Crippen LogP contribution >= 0.6 is 0 Å². The minimum Gasteiger partial charge on any atom is -0.457 e. The molecule has 0 spiro atoms. The number of carbonyl (C=O) groups excluding carboxylic acids is 1. The maximum absolute atomic E-state index is 12.3. The van der Waals surface area contributed by atoms with E-state index in [1.165, 1.54) is 12.3 Å². The van der Waals surface area contributed by atoms with Crippen molar-refractivity contribution in [3.8, 4) is 17.2 Å². The summed E-state index contributed by atoms with van der Waals surface area (Å²) in [5.74, 6) is 0.996. The summed E-state index contributed by atoms with van der Waals surface area (Å²) in [4.78, 5) is 26.1. The highest BCUT2D eigenvalue weighted by atomic mass is 16.5. The largest absolute Gasteiger partial charge is 0.457 e. The van der Waals surface area contributed by atoms with Crippen molar-refractivity contribution in [2.24, 2.45) is 0 Å². The molecule has 7 nitrogen and oxygen atoms in total. The first-order valence-corrected chi connectivity index (χ1v) is 8.94. The molecule has 0 saturated carbocycles. The van der Waals surface area contributed by atoms with Gasteiger partial charge in [0.05, 0.1) is 0 Å². The van der Waals surface area contributed by atoms with Crippen LogP contribution < -0.4 is 20.9 Å². The lowest BCUT2D eigenvalue weighted by Crippen LogP contribution is -2.19. The van der Waals surface area contributed by atoms with Gasteiger partial charge in [-0.25, -0.2) is 4.79 Å². The number of urea groups is 1. The maximum Gasteiger partial charge on any atom is 0.323 e. The Balaban J connectivity index is 1.37. The molecule has 3 N–H and O–H groups in total. The molecule has 0 bridgehead atoms. The first-order chi connectivity index (χ1) is 14.2. The van der Waals surface area contributed by atoms with Crippen molar-refractivity contribution in [2.45, 2.75) is 0 Å². The molecule has 0 aliphatic carbocycles. The van der Waals surface area contributed by atoms with Crippen molar-refractivity contribution < 1.29 is 9.53 Å². The quantitative estimate of drug-likeness (QED) is 0.468. The zero-order chi connectivity index (χ0) is 20.1. The summed E-state index contributed by atoms with van der Waals surface area (Å²) < 4.78 is 7.57. The molecule has 0 atom stereocenters. The lowest BCUT2D eigenvalue weighted by Gasteiger charge is -2.10. The van der Waals surface area contributed by atoms with E-state index in [0.29, 0.717) is 22.9 Å². The lowest BCUT2D eigenvalue weighted by atomic mass is 10.2. The Bertz CT molecular complexity index is 1170. The molecule has 29 heavy (non-hydrogen) atoms. The number of pyridine rings is 1. The SMILES string of the molecule is O=C(Nc1ccc(Oc2cc[nH]c(=O)c2)cc1)Nc1cccc(-n2cccc2)c1. The molecule has 4 rings (SSSR count). The second-order valence-electron chi connectivity index (χ2n) is 6.23. The minimum atomic E-state index is -0.349. The second kappa shape index (κ2) is 8.18. The van der Waals surface area contributed by atoms with Gasteiger partial charge >= 0.3 is 6.03 Å². The molecule has 0 aliphatic heterocycles. The van der Waals surface area contributed by atoms with Gasteiger partial charge < -0.3 is 24.9 Å². The Morgan fingerprint density at radius 3 is 2.34 bits per heavy atom. The first kappa shape index (κ1) is 18.1. The second-order valence-corrected chi connectivity index (χ2v) is 6.23. The van der Waals surface area contributed by atoms with Crippen LogP contribution in [0, 0.1) is 0 Å². The number of benzene rings is 2. The van der Waals surface area contributed by atoms with Crippen LogP contribution in [-0.2, 0) is 0 Å². The van der Waals surface area contributed by atoms with Crippen molar-refractivity contribution in [1.82, 2.24) is 9.55 Å². The molecule has 0 radical (unpaired) electrons. The van der Waals surface area contributed by atoms with Gasteiger partial charge in [-0.15, -0.1) is 0 Å². The molecular weight excluding hydrogens is 368 g/mol. The minimum absolute atomic E-state index is 0.238. The van der Waals surface area contributed by atoms with Gasteiger partial charge in [-0.2, -0.15) is 0 Å². The van der Waals surface area contributed by atoms with E-state index in [-0.39, 0.29) is 11.6 Å². The summed E-state index contributed by atoms with van der Waals surface area (Å²) in [6.45, 7) is 0. The lowest BCUT2D eigenvalue weighted by molar-refractivity contribution is 0.262. The number of ether oxygens (including phenoxy) is 1. The number of carbonyl (C=O) groups is 1. The summed E-state index contributed by atoms with van der Waals surface area (Å²) in [6, 6.07) is 21.0. The van der Waals surface area contributed by atoms with E-state index in [2.05, 4.69) is 15.6 Å². The normalized spacial score (nSPS) is 10.3. The summed E-state index contributed by atoms with van der Waals surface area (Å²) >= 11 is 0. The first-order valence-electron chi connectivity index (χ1n) is 8.94. The van der Waals surface area contributed by atoms with E-state index in [0.717, 1.165) is 5.69 Å². The molecule has 2 aromatic carbocycles. The standard InChI is InChI=1S/C22H18N4O3/c27-21-15-20(10-11-23-21)29-19-8-6-16(7-9-19)24-22(28)25-17-4-3-5-18(14-17)26-12-1-2-13-26/h1-15H,(H,23,27)(H2,24,25,28). The van der Waals surface area contributed by atoms with Gasteiger partial charge in [0.2, 0.25) is 0 Å². The van der Waals surface area contributed by atoms with Gasteiger partial charge in [-0.05, 0) is 60.7 Å². The summed E-state index contributed by atoms with van der Waals surface area (Å²) in [6.07, 6.45) is 5.39. The molecule has 2 aromatic heterocycles. The van der Waals surface area contributed by atoms with Crippen LogP contribution in [0.5, 0.6) is 11.5 Å². The van der Waals surface area contributed by atoms with Crippen molar-refractivity contribution in [1.29, 1.82) is 0 Å². The topological polar surface area (TPSA) is 88.2 Å². The Morgan fingerprint density at radius 1 is 0.828 bits per heavy atom. The fraction of sp³-hybridized carbons (Fsp3) is 0. The molecule has 2 heterocycles. The number of aromatic amines is 1. The molecule has 144 valence electrons. The summed E-state index contributed by atoms with van der Waals surface area (Å²) in [7, 11) is 0. The molecule has 4 aromatic rings. The highest BCUT2D eigenvalue weighted by Crippen LogP contribution is 2.22. The summed E-state index contributed by atoms with van der Waals surface area (Å²) in [5, 5.41) is 5.60. The van der Waals surface area contributed by atoms with E-state index < -0.39 is 0 Å². The molecule has 0 aliphatic rings. The van der Waals surface area contributed by atoms with E-state index in [4.69, 9.17) is 4.74 Å². The van der Waals surface area contributed by atoms with Gasteiger partial charge in [-0.1, -0.05) is 6.07 Å². The van der Waals surface area contributed by atoms with Crippen LogP contribution in [0.2, 0.25) is 0 Å². The molecule has 7 heteroatoms. The van der Waals surface area contributed by atoms with Crippen molar-refractivity contribution in [3.63, 3.8) is 0 Å². The number of H-pyrrole nitrogens is 1. The third-order valence-corrected chi connectivity index (χ3v) is 4.10. The van der Waals surface area contributed by atoms with Crippen LogP contribution in [0.4, 0.5) is 16.2 Å². The number of nitrogens with zero attached hydrogens (tertiary/aromatic N) is 1. The van der Waals surface area contributed by atoms with Crippen LogP contribution in [0.3, 0.4) is 0 Å². The smallest absolute Gasteiger partial charge is 0.323 e. The number of rotatable bonds is 5. The van der Waals surface area contributed by atoms with E-state index in [1.807, 2.05) is 53.4 Å². The number of nitrogens with one attached hydrogen (secondary N) is 3. The number of hydrogen-bond donors (Lipinski definition) is 3. The highest BCUT2D eigenvalue weighted by Gasteiger charge is 2.05. The van der Waals surface area contributed by atoms with Gasteiger partial charge in [0.25, 0.3) is 5.56 Å². The Morgan fingerprint density at radius 2 is 1.59 bits per heavy atom. The third-order valence-electron chi connectivity index (χ3n) is 4.10. The van der Waals surface area contributed by atoms with Gasteiger partial charge in [0, 0.05) is 41.7 Å². The molecule has 0 saturated heterocycles. The van der Waals surface area contributed by atoms with Crippen molar-refractivity contribution in [3.05, 3.63) is 102 Å². The monoisotopic (exact) mass is 386 g/mol. The van der Waals surface area contributed by atoms with Crippen LogP contribution in [-0.4, -0.2) is 15.6 Å². The van der Waals surface area contributed by atoms with E-state index >= 15 is 0 Å². The van der Waals surface area contributed by atoms with Crippen LogP contribution in [0.15, 0.2) is 96.2 Å². The van der Waals surface area contributed by atoms with Crippen LogP contribution in [0.25, 0.3) is 5.69 Å². The Kier molecular flexibility index (Phi) is 5.11. The molecule has 0 unspecified atom stereocenters. The fourth-order valence-corrected chi connectivity index (χ4v) is 2.78. The Hall–Kier alpha value is -4.26. The van der Waals surface area contributed by atoms with Crippen molar-refractivity contribution >= 4 is 17.4 Å². The van der Waals surface area contributed by atoms with E-state index in [1.54, 1.807) is 30.3 Å². The Labute approximate surface area is 166 Å². The number of amides is 2. The predicted octanol–water partition coefficient (Wildman–Crippen LogP) is 4.60. The zero-order valence-electron chi connectivity index (χ0n) is 15.3. The molecular formula is C22H18N4O3. The number of anilines is 2. The molecule has 0 fully saturated rings. The van der Waals surface area contributed by atoms with Crippen molar-refractivity contribution in [2.75, 3.05) is 10.6 Å².